The van der Waals surface area contributed by atoms with Crippen molar-refractivity contribution in [1.82, 2.24) is 14.5 Å². The first-order valence-electron chi connectivity index (χ1n) is 8.57. The van der Waals surface area contributed by atoms with E-state index in [1.807, 2.05) is 32.0 Å². The topological polar surface area (TPSA) is 58.1 Å². The number of H-pyrrole nitrogens is 1. The summed E-state index contributed by atoms with van der Waals surface area (Å²) in [6.45, 7) is 4.17. The highest BCUT2D eigenvalue weighted by molar-refractivity contribution is 7.71. The van der Waals surface area contributed by atoms with Crippen molar-refractivity contribution < 1.29 is 4.79 Å². The number of halogens is 1. The molecule has 0 radical (unpaired) electrons. The summed E-state index contributed by atoms with van der Waals surface area (Å²) in [6, 6.07) is 12.4. The van der Waals surface area contributed by atoms with E-state index in [0.717, 1.165) is 5.56 Å². The Morgan fingerprint density at radius 2 is 1.96 bits per heavy atom. The minimum atomic E-state index is -0.218. The van der Waals surface area contributed by atoms with Crippen LogP contribution >= 0.6 is 23.8 Å². The normalized spacial score (nSPS) is 11.1. The Morgan fingerprint density at radius 1 is 1.26 bits per heavy atom. The summed E-state index contributed by atoms with van der Waals surface area (Å²) in [6.07, 6.45) is 0. The van der Waals surface area contributed by atoms with E-state index in [2.05, 4.69) is 4.98 Å². The zero-order valence-corrected chi connectivity index (χ0v) is 16.9. The number of fused-ring (bicyclic) bond motifs is 1. The standard InChI is InChI=1S/C20H20ClN3O2S/c1-12(2)23(3)18(25)13-8-9-15-17(10-13)22-20(27)24(19(15)26)11-14-6-4-5-7-16(14)21/h4-10,12H,11H2,1-3H3,(H,22,27). The number of rotatable bonds is 4. The number of carbonyl (C=O) groups is 1. The van der Waals surface area contributed by atoms with Gasteiger partial charge in [-0.25, -0.2) is 0 Å². The number of benzene rings is 2. The Balaban J connectivity index is 2.07. The lowest BCUT2D eigenvalue weighted by Crippen LogP contribution is -2.33. The van der Waals surface area contributed by atoms with Gasteiger partial charge in [-0.1, -0.05) is 29.8 Å². The molecule has 3 aromatic rings. The van der Waals surface area contributed by atoms with Crippen molar-refractivity contribution in [2.45, 2.75) is 26.4 Å². The van der Waals surface area contributed by atoms with E-state index in [4.69, 9.17) is 23.8 Å². The number of aromatic amines is 1. The lowest BCUT2D eigenvalue weighted by molar-refractivity contribution is 0.0755. The molecule has 0 saturated carbocycles. The highest BCUT2D eigenvalue weighted by Crippen LogP contribution is 2.17. The van der Waals surface area contributed by atoms with Gasteiger partial charge < -0.3 is 9.88 Å². The van der Waals surface area contributed by atoms with Crippen LogP contribution in [0, 0.1) is 4.77 Å². The van der Waals surface area contributed by atoms with Crippen LogP contribution in [0.5, 0.6) is 0 Å². The summed E-state index contributed by atoms with van der Waals surface area (Å²) >= 11 is 11.6. The predicted octanol–water partition coefficient (Wildman–Crippen LogP) is 4.24. The summed E-state index contributed by atoms with van der Waals surface area (Å²) in [5, 5.41) is 1.05. The molecule has 1 aromatic heterocycles. The minimum absolute atomic E-state index is 0.0790. The summed E-state index contributed by atoms with van der Waals surface area (Å²) in [5.74, 6) is -0.105. The molecular formula is C20H20ClN3O2S. The largest absolute Gasteiger partial charge is 0.339 e. The van der Waals surface area contributed by atoms with Crippen LogP contribution < -0.4 is 5.56 Å². The molecule has 0 unspecified atom stereocenters. The second kappa shape index (κ2) is 7.66. The van der Waals surface area contributed by atoms with Gasteiger partial charge in [-0.05, 0) is 55.9 Å². The van der Waals surface area contributed by atoms with E-state index in [1.165, 1.54) is 4.57 Å². The van der Waals surface area contributed by atoms with Crippen LogP contribution in [0.15, 0.2) is 47.3 Å². The molecule has 27 heavy (non-hydrogen) atoms. The van der Waals surface area contributed by atoms with Crippen LogP contribution in [0.1, 0.15) is 29.8 Å². The Hall–Kier alpha value is -2.44. The quantitative estimate of drug-likeness (QED) is 0.665. The maximum absolute atomic E-state index is 12.9. The zero-order valence-electron chi connectivity index (χ0n) is 15.3. The van der Waals surface area contributed by atoms with Crippen LogP contribution in [-0.2, 0) is 6.54 Å². The molecule has 1 heterocycles. The van der Waals surface area contributed by atoms with Gasteiger partial charge in [0.1, 0.15) is 0 Å². The molecule has 0 spiro atoms. The Morgan fingerprint density at radius 3 is 2.63 bits per heavy atom. The first-order chi connectivity index (χ1) is 12.8. The molecule has 7 heteroatoms. The summed E-state index contributed by atoms with van der Waals surface area (Å²) < 4.78 is 1.76. The molecule has 0 aliphatic heterocycles. The first-order valence-corrected chi connectivity index (χ1v) is 9.35. The average molecular weight is 402 g/mol. The van der Waals surface area contributed by atoms with Crippen LogP contribution in [0.4, 0.5) is 0 Å². The van der Waals surface area contributed by atoms with E-state index in [9.17, 15) is 9.59 Å². The van der Waals surface area contributed by atoms with E-state index >= 15 is 0 Å². The van der Waals surface area contributed by atoms with Crippen molar-refractivity contribution in [1.29, 1.82) is 0 Å². The fourth-order valence-corrected chi connectivity index (χ4v) is 3.22. The predicted molar refractivity (Wildman–Crippen MR) is 111 cm³/mol. The van der Waals surface area contributed by atoms with Crippen LogP contribution in [0.2, 0.25) is 5.02 Å². The third-order valence-corrected chi connectivity index (χ3v) is 5.30. The van der Waals surface area contributed by atoms with Gasteiger partial charge in [-0.15, -0.1) is 0 Å². The molecule has 2 aromatic carbocycles. The van der Waals surface area contributed by atoms with E-state index in [-0.39, 0.29) is 28.8 Å². The number of carbonyl (C=O) groups excluding carboxylic acids is 1. The van der Waals surface area contributed by atoms with Crippen LogP contribution in [-0.4, -0.2) is 33.4 Å². The van der Waals surface area contributed by atoms with Gasteiger partial charge in [-0.3, -0.25) is 14.2 Å². The Kier molecular flexibility index (Phi) is 5.48. The van der Waals surface area contributed by atoms with Gasteiger partial charge in [-0.2, -0.15) is 0 Å². The highest BCUT2D eigenvalue weighted by Gasteiger charge is 2.16. The van der Waals surface area contributed by atoms with Gasteiger partial charge in [0.05, 0.1) is 17.4 Å². The molecule has 0 fully saturated rings. The molecule has 0 atom stereocenters. The molecule has 3 rings (SSSR count). The number of nitrogens with zero attached hydrogens (tertiary/aromatic N) is 2. The fraction of sp³-hybridized carbons (Fsp3) is 0.250. The maximum atomic E-state index is 12.9. The summed E-state index contributed by atoms with van der Waals surface area (Å²) in [4.78, 5) is 30.2. The van der Waals surface area contributed by atoms with E-state index < -0.39 is 0 Å². The molecule has 0 saturated heterocycles. The molecule has 0 aliphatic rings. The molecule has 5 nitrogen and oxygen atoms in total. The lowest BCUT2D eigenvalue weighted by atomic mass is 10.1. The van der Waals surface area contributed by atoms with Crippen molar-refractivity contribution in [3.8, 4) is 0 Å². The van der Waals surface area contributed by atoms with Crippen molar-refractivity contribution in [2.75, 3.05) is 7.05 Å². The van der Waals surface area contributed by atoms with Crippen molar-refractivity contribution >= 4 is 40.6 Å². The summed E-state index contributed by atoms with van der Waals surface area (Å²) in [5.41, 5.74) is 1.64. The second-order valence-corrected chi connectivity index (χ2v) is 7.48. The molecule has 1 amide bonds. The molecule has 0 aliphatic carbocycles. The SMILES string of the molecule is CC(C)N(C)C(=O)c1ccc2c(=O)n(Cc3ccccc3Cl)c(=S)[nH]c2c1. The zero-order chi connectivity index (χ0) is 19.7. The van der Waals surface area contributed by atoms with Crippen molar-refractivity contribution in [3.63, 3.8) is 0 Å². The Bertz CT molecular complexity index is 1130. The van der Waals surface area contributed by atoms with Crippen LogP contribution in [0.25, 0.3) is 10.9 Å². The smallest absolute Gasteiger partial charge is 0.262 e. The van der Waals surface area contributed by atoms with Gasteiger partial charge in [0.15, 0.2) is 4.77 Å². The number of nitrogens with one attached hydrogen (secondary N) is 1. The monoisotopic (exact) mass is 401 g/mol. The van der Waals surface area contributed by atoms with Crippen LogP contribution in [0.3, 0.4) is 0 Å². The summed E-state index contributed by atoms with van der Waals surface area (Å²) in [7, 11) is 1.75. The van der Waals surface area contributed by atoms with Crippen molar-refractivity contribution in [3.05, 3.63) is 73.7 Å². The molecule has 140 valence electrons. The fourth-order valence-electron chi connectivity index (χ4n) is 2.77. The molecule has 0 bridgehead atoms. The van der Waals surface area contributed by atoms with Gasteiger partial charge in [0.25, 0.3) is 11.5 Å². The van der Waals surface area contributed by atoms with E-state index in [1.54, 1.807) is 36.2 Å². The number of hydrogen-bond donors (Lipinski definition) is 1. The molecule has 1 N–H and O–H groups in total. The van der Waals surface area contributed by atoms with Gasteiger partial charge in [0.2, 0.25) is 0 Å². The number of aromatic nitrogens is 2. The minimum Gasteiger partial charge on any atom is -0.339 e. The molecular weight excluding hydrogens is 382 g/mol. The third-order valence-electron chi connectivity index (χ3n) is 4.61. The maximum Gasteiger partial charge on any atom is 0.262 e. The Labute approximate surface area is 167 Å². The second-order valence-electron chi connectivity index (χ2n) is 6.68. The first kappa shape index (κ1) is 19.3. The van der Waals surface area contributed by atoms with Crippen molar-refractivity contribution in [2.24, 2.45) is 0 Å². The average Bonchev–Trinajstić information content (AvgIpc) is 2.64. The lowest BCUT2D eigenvalue weighted by Gasteiger charge is -2.21. The number of amides is 1. The highest BCUT2D eigenvalue weighted by atomic mass is 35.5. The number of hydrogen-bond acceptors (Lipinski definition) is 3. The van der Waals surface area contributed by atoms with Gasteiger partial charge >= 0.3 is 0 Å². The third kappa shape index (κ3) is 3.82. The van der Waals surface area contributed by atoms with E-state index in [0.29, 0.717) is 21.5 Å². The van der Waals surface area contributed by atoms with Gasteiger partial charge in [0, 0.05) is 23.7 Å².